The van der Waals surface area contributed by atoms with Crippen molar-refractivity contribution in [3.63, 3.8) is 0 Å². The van der Waals surface area contributed by atoms with Crippen molar-refractivity contribution in [2.24, 2.45) is 0 Å². The molecule has 0 N–H and O–H groups in total. The number of non-ortho nitro benzene ring substituents is 1. The lowest BCUT2D eigenvalue weighted by molar-refractivity contribution is -0.385. The van der Waals surface area contributed by atoms with Gasteiger partial charge in [0, 0.05) is 43.3 Å². The zero-order valence-electron chi connectivity index (χ0n) is 14.4. The zero-order chi connectivity index (χ0) is 20.5. The van der Waals surface area contributed by atoms with Gasteiger partial charge in [-0.3, -0.25) is 14.9 Å². The Labute approximate surface area is 165 Å². The summed E-state index contributed by atoms with van der Waals surface area (Å²) >= 11 is 5.81. The van der Waals surface area contributed by atoms with Crippen molar-refractivity contribution in [3.8, 4) is 0 Å². The minimum absolute atomic E-state index is 0.0149. The fourth-order valence-corrected chi connectivity index (χ4v) is 4.50. The van der Waals surface area contributed by atoms with Gasteiger partial charge in [-0.25, -0.2) is 12.8 Å². The van der Waals surface area contributed by atoms with E-state index in [1.54, 1.807) is 0 Å². The van der Waals surface area contributed by atoms with Crippen molar-refractivity contribution in [1.29, 1.82) is 0 Å². The number of nitrogens with zero attached hydrogens (tertiary/aromatic N) is 3. The molecule has 3 rings (SSSR count). The first kappa shape index (κ1) is 20.2. The maximum Gasteiger partial charge on any atom is 0.270 e. The summed E-state index contributed by atoms with van der Waals surface area (Å²) in [5, 5.41) is 11.1. The maximum atomic E-state index is 13.9. The minimum atomic E-state index is -3.95. The van der Waals surface area contributed by atoms with Gasteiger partial charge < -0.3 is 4.90 Å². The van der Waals surface area contributed by atoms with Crippen LogP contribution in [0, 0.1) is 15.9 Å². The van der Waals surface area contributed by atoms with Crippen molar-refractivity contribution < 1.29 is 22.5 Å². The summed E-state index contributed by atoms with van der Waals surface area (Å²) in [4.78, 5) is 23.9. The number of carbonyl (C=O) groups is 1. The highest BCUT2D eigenvalue weighted by Gasteiger charge is 2.31. The first-order valence-electron chi connectivity index (χ1n) is 8.19. The second-order valence-corrected chi connectivity index (χ2v) is 8.45. The molecule has 0 saturated carbocycles. The van der Waals surface area contributed by atoms with E-state index in [4.69, 9.17) is 11.6 Å². The minimum Gasteiger partial charge on any atom is -0.336 e. The molecule has 0 aliphatic carbocycles. The summed E-state index contributed by atoms with van der Waals surface area (Å²) in [5.74, 6) is -1.28. The molecule has 1 fully saturated rings. The Morgan fingerprint density at radius 1 is 1.11 bits per heavy atom. The van der Waals surface area contributed by atoms with Gasteiger partial charge in [-0.1, -0.05) is 17.7 Å². The first-order chi connectivity index (χ1) is 13.2. The number of carbonyl (C=O) groups excluding carboxylic acids is 1. The molecule has 0 aromatic heterocycles. The quantitative estimate of drug-likeness (QED) is 0.551. The predicted octanol–water partition coefficient (Wildman–Crippen LogP) is 2.53. The van der Waals surface area contributed by atoms with Gasteiger partial charge in [0.25, 0.3) is 11.6 Å². The number of hydrogen-bond donors (Lipinski definition) is 0. The summed E-state index contributed by atoms with van der Waals surface area (Å²) in [7, 11) is -3.95. The second kappa shape index (κ2) is 7.82. The summed E-state index contributed by atoms with van der Waals surface area (Å²) < 4.78 is 40.5. The SMILES string of the molecule is O=C(c1cc(Cl)ccc1F)N1CCN(S(=O)(=O)c2cccc([N+](=O)[O-])c2)CC1. The Bertz CT molecular complexity index is 1040. The molecular weight excluding hydrogens is 413 g/mol. The Balaban J connectivity index is 1.74. The molecule has 28 heavy (non-hydrogen) atoms. The molecule has 1 heterocycles. The van der Waals surface area contributed by atoms with Crippen LogP contribution in [-0.4, -0.2) is 54.6 Å². The number of rotatable bonds is 4. The van der Waals surface area contributed by atoms with Gasteiger partial charge in [-0.15, -0.1) is 0 Å². The molecule has 1 amide bonds. The molecule has 2 aromatic carbocycles. The van der Waals surface area contributed by atoms with Gasteiger partial charge in [-0.05, 0) is 24.3 Å². The van der Waals surface area contributed by atoms with E-state index in [2.05, 4.69) is 0 Å². The van der Waals surface area contributed by atoms with E-state index < -0.39 is 26.7 Å². The average Bonchev–Trinajstić information content (AvgIpc) is 2.69. The van der Waals surface area contributed by atoms with E-state index in [-0.39, 0.29) is 47.3 Å². The molecule has 0 radical (unpaired) electrons. The molecule has 1 aliphatic heterocycles. The number of halogens is 2. The summed E-state index contributed by atoms with van der Waals surface area (Å²) in [6.07, 6.45) is 0. The highest BCUT2D eigenvalue weighted by molar-refractivity contribution is 7.89. The highest BCUT2D eigenvalue weighted by atomic mass is 35.5. The number of piperazine rings is 1. The van der Waals surface area contributed by atoms with E-state index in [0.29, 0.717) is 0 Å². The Morgan fingerprint density at radius 3 is 2.43 bits per heavy atom. The fourth-order valence-electron chi connectivity index (χ4n) is 2.87. The third-order valence-corrected chi connectivity index (χ3v) is 6.48. The molecule has 148 valence electrons. The highest BCUT2D eigenvalue weighted by Crippen LogP contribution is 2.23. The van der Waals surface area contributed by atoms with Crippen LogP contribution in [0.2, 0.25) is 5.02 Å². The van der Waals surface area contributed by atoms with Crippen LogP contribution in [-0.2, 0) is 10.0 Å². The number of hydrogen-bond acceptors (Lipinski definition) is 5. The third kappa shape index (κ3) is 3.98. The molecule has 11 heteroatoms. The van der Waals surface area contributed by atoms with Gasteiger partial charge in [-0.2, -0.15) is 4.31 Å². The Morgan fingerprint density at radius 2 is 1.79 bits per heavy atom. The van der Waals surface area contributed by atoms with Crippen molar-refractivity contribution in [2.75, 3.05) is 26.2 Å². The van der Waals surface area contributed by atoms with Crippen molar-refractivity contribution in [3.05, 3.63) is 69.0 Å². The Kier molecular flexibility index (Phi) is 5.64. The molecule has 0 spiro atoms. The number of sulfonamides is 1. The molecule has 0 atom stereocenters. The van der Waals surface area contributed by atoms with Gasteiger partial charge in [0.2, 0.25) is 10.0 Å². The fraction of sp³-hybridized carbons (Fsp3) is 0.235. The topological polar surface area (TPSA) is 101 Å². The van der Waals surface area contributed by atoms with Gasteiger partial charge in [0.05, 0.1) is 15.4 Å². The lowest BCUT2D eigenvalue weighted by atomic mass is 10.1. The van der Waals surface area contributed by atoms with Gasteiger partial charge in [0.15, 0.2) is 0 Å². The molecule has 0 unspecified atom stereocenters. The number of amides is 1. The largest absolute Gasteiger partial charge is 0.336 e. The normalized spacial score (nSPS) is 15.4. The monoisotopic (exact) mass is 427 g/mol. The number of nitro groups is 1. The maximum absolute atomic E-state index is 13.9. The molecule has 8 nitrogen and oxygen atoms in total. The first-order valence-corrected chi connectivity index (χ1v) is 10.0. The average molecular weight is 428 g/mol. The van der Waals surface area contributed by atoms with Crippen molar-refractivity contribution >= 4 is 33.2 Å². The van der Waals surface area contributed by atoms with Crippen molar-refractivity contribution in [1.82, 2.24) is 9.21 Å². The molecule has 2 aromatic rings. The predicted molar refractivity (Wildman–Crippen MR) is 99.2 cm³/mol. The molecule has 0 bridgehead atoms. The lowest BCUT2D eigenvalue weighted by Gasteiger charge is -2.34. The van der Waals surface area contributed by atoms with Crippen LogP contribution in [0.4, 0.5) is 10.1 Å². The van der Waals surface area contributed by atoms with Crippen LogP contribution >= 0.6 is 11.6 Å². The standard InChI is InChI=1S/C17H15ClFN3O5S/c18-12-4-5-16(19)15(10-12)17(23)20-6-8-21(9-7-20)28(26,27)14-3-1-2-13(11-14)22(24)25/h1-5,10-11H,6-9H2. The summed E-state index contributed by atoms with van der Waals surface area (Å²) in [6.45, 7) is 0.0792. The van der Waals surface area contributed by atoms with E-state index in [1.165, 1.54) is 35.2 Å². The second-order valence-electron chi connectivity index (χ2n) is 6.07. The molecule has 1 saturated heterocycles. The van der Waals surface area contributed by atoms with Crippen molar-refractivity contribution in [2.45, 2.75) is 4.90 Å². The number of nitro benzene ring substituents is 1. The van der Waals surface area contributed by atoms with Gasteiger partial charge in [0.1, 0.15) is 5.82 Å². The zero-order valence-corrected chi connectivity index (χ0v) is 16.0. The van der Waals surface area contributed by atoms with Crippen LogP contribution in [0.3, 0.4) is 0 Å². The van der Waals surface area contributed by atoms with E-state index in [1.807, 2.05) is 0 Å². The summed E-state index contributed by atoms with van der Waals surface area (Å²) in [6, 6.07) is 8.43. The van der Waals surface area contributed by atoms with Crippen LogP contribution in [0.5, 0.6) is 0 Å². The molecule has 1 aliphatic rings. The number of benzene rings is 2. The van der Waals surface area contributed by atoms with Crippen LogP contribution in [0.25, 0.3) is 0 Å². The Hall–Kier alpha value is -2.56. The van der Waals surface area contributed by atoms with Gasteiger partial charge >= 0.3 is 0 Å². The van der Waals surface area contributed by atoms with Crippen LogP contribution < -0.4 is 0 Å². The third-order valence-electron chi connectivity index (χ3n) is 4.35. The summed E-state index contributed by atoms with van der Waals surface area (Å²) in [5.41, 5.74) is -0.506. The van der Waals surface area contributed by atoms with E-state index in [0.717, 1.165) is 16.4 Å². The van der Waals surface area contributed by atoms with Crippen LogP contribution in [0.1, 0.15) is 10.4 Å². The van der Waals surface area contributed by atoms with E-state index >= 15 is 0 Å². The van der Waals surface area contributed by atoms with E-state index in [9.17, 15) is 27.7 Å². The molecular formula is C17H15ClFN3O5S. The van der Waals surface area contributed by atoms with Crippen LogP contribution in [0.15, 0.2) is 47.4 Å². The lowest BCUT2D eigenvalue weighted by Crippen LogP contribution is -2.50. The smallest absolute Gasteiger partial charge is 0.270 e.